The highest BCUT2D eigenvalue weighted by molar-refractivity contribution is 7.45. The maximum absolute atomic E-state index is 13.0. The van der Waals surface area contributed by atoms with Crippen LogP contribution in [0.3, 0.4) is 0 Å². The van der Waals surface area contributed by atoms with Crippen molar-refractivity contribution in [3.05, 3.63) is 109 Å². The smallest absolute Gasteiger partial charge is 0.268 e. The Morgan fingerprint density at radius 2 is 0.785 bits per heavy atom. The predicted octanol–water partition coefficient (Wildman–Crippen LogP) is 20.1. The molecule has 0 saturated carbocycles. The van der Waals surface area contributed by atoms with E-state index < -0.39 is 26.6 Å². The van der Waals surface area contributed by atoms with Crippen molar-refractivity contribution in [2.75, 3.05) is 40.9 Å². The topological polar surface area (TPSA) is 108 Å². The molecule has 0 aliphatic heterocycles. The van der Waals surface area contributed by atoms with Gasteiger partial charge in [-0.1, -0.05) is 290 Å². The second kappa shape index (κ2) is 59.8. The summed E-state index contributed by atoms with van der Waals surface area (Å²) in [6.45, 7) is 4.52. The summed E-state index contributed by atoms with van der Waals surface area (Å²) in [5.74, 6) is -0.220. The average Bonchev–Trinajstić information content (AvgIpc) is 3.42. The van der Waals surface area contributed by atoms with E-state index in [9.17, 15) is 19.4 Å². The van der Waals surface area contributed by atoms with Crippen molar-refractivity contribution in [2.24, 2.45) is 0 Å². The number of phosphoric acid groups is 1. The number of carbonyl (C=O) groups is 1. The molecule has 1 amide bonds. The molecule has 0 aromatic rings. The van der Waals surface area contributed by atoms with E-state index in [1.807, 2.05) is 27.2 Å². The minimum atomic E-state index is -4.62. The van der Waals surface area contributed by atoms with Gasteiger partial charge in [-0.25, -0.2) is 0 Å². The summed E-state index contributed by atoms with van der Waals surface area (Å²) in [6, 6.07) is -0.919. The minimum absolute atomic E-state index is 0.0142. The molecule has 456 valence electrons. The second-order valence-electron chi connectivity index (χ2n) is 23.1. The van der Waals surface area contributed by atoms with Gasteiger partial charge in [0, 0.05) is 6.42 Å². The van der Waals surface area contributed by atoms with Crippen molar-refractivity contribution in [1.29, 1.82) is 0 Å². The molecule has 3 unspecified atom stereocenters. The predicted molar refractivity (Wildman–Crippen MR) is 343 cm³/mol. The summed E-state index contributed by atoms with van der Waals surface area (Å²) in [7, 11) is 1.23. The standard InChI is InChI=1S/C70H125N2O6P/c1-6-8-10-12-14-16-18-20-22-24-26-28-30-32-34-36-38-40-42-44-46-48-50-52-54-56-58-60-62-64-70(74)71-68(67-78-79(75,76)77-66-65-72(3,4)5)69(73)63-61-59-57-55-53-51-49-47-45-43-41-39-37-35-33-31-29-27-25-23-21-19-17-15-13-11-9-7-2/h8,10,14,16,20,22,26,28,32,34,38,40,44,46,53,55,61,63,68-69,73H,6-7,9,11-13,15,17-19,21,23-25,27,29-31,33,35-37,39,41-43,45,47-52,54,56-60,62,64-67H2,1-5H3,(H-,71,74,75,76)/b10-8-,16-14-,22-20-,28-26-,34-32-,40-38-,46-44-,55-53+,63-61+. The number of allylic oxidation sites excluding steroid dienone is 17. The Morgan fingerprint density at radius 3 is 1.18 bits per heavy atom. The van der Waals surface area contributed by atoms with E-state index in [2.05, 4.69) is 116 Å². The van der Waals surface area contributed by atoms with Gasteiger partial charge in [0.05, 0.1) is 39.9 Å². The molecule has 3 atom stereocenters. The first-order valence-corrected chi connectivity index (χ1v) is 34.2. The number of amides is 1. The monoisotopic (exact) mass is 1120 g/mol. The highest BCUT2D eigenvalue weighted by atomic mass is 31.2. The first kappa shape index (κ1) is 76.2. The van der Waals surface area contributed by atoms with Crippen molar-refractivity contribution >= 4 is 13.7 Å². The van der Waals surface area contributed by atoms with Crippen LogP contribution < -0.4 is 10.2 Å². The number of rotatable bonds is 59. The third-order valence-electron chi connectivity index (χ3n) is 14.2. The Hall–Kier alpha value is -2.84. The molecule has 0 radical (unpaired) electrons. The van der Waals surface area contributed by atoms with Gasteiger partial charge in [-0.15, -0.1) is 0 Å². The molecule has 0 fully saturated rings. The number of quaternary nitrogens is 1. The zero-order valence-corrected chi connectivity index (χ0v) is 52.9. The van der Waals surface area contributed by atoms with Gasteiger partial charge in [-0.2, -0.15) is 0 Å². The summed E-state index contributed by atoms with van der Waals surface area (Å²) in [4.78, 5) is 25.6. The first-order chi connectivity index (χ1) is 38.5. The molecule has 8 nitrogen and oxygen atoms in total. The summed E-state index contributed by atoms with van der Waals surface area (Å²) >= 11 is 0. The molecule has 0 bridgehead atoms. The SMILES string of the molecule is CC/C=C\C/C=C\C/C=C\C/C=C\C/C=C\C/C=C\C/C=C\CCCCCCCCCC(=O)NC(COP(=O)([O-])OCC[N+](C)(C)C)C(O)/C=C/CC/C=C/CCCCCCCCCCCCCCCCCCCCCCCC. The van der Waals surface area contributed by atoms with Crippen molar-refractivity contribution in [1.82, 2.24) is 5.32 Å². The lowest BCUT2D eigenvalue weighted by Gasteiger charge is -2.29. The van der Waals surface area contributed by atoms with Crippen LogP contribution in [0.5, 0.6) is 0 Å². The Kier molecular flexibility index (Phi) is 57.6. The van der Waals surface area contributed by atoms with Crippen LogP contribution in [0, 0.1) is 0 Å². The largest absolute Gasteiger partial charge is 0.756 e. The van der Waals surface area contributed by atoms with Gasteiger partial charge < -0.3 is 28.8 Å². The van der Waals surface area contributed by atoms with E-state index in [0.717, 1.165) is 96.3 Å². The second-order valence-corrected chi connectivity index (χ2v) is 24.5. The van der Waals surface area contributed by atoms with Crippen LogP contribution in [0.4, 0.5) is 0 Å². The first-order valence-electron chi connectivity index (χ1n) is 32.7. The van der Waals surface area contributed by atoms with Crippen LogP contribution in [0.1, 0.15) is 277 Å². The van der Waals surface area contributed by atoms with E-state index in [-0.39, 0.29) is 12.5 Å². The number of aliphatic hydroxyl groups excluding tert-OH is 1. The van der Waals surface area contributed by atoms with Crippen LogP contribution >= 0.6 is 7.82 Å². The molecule has 0 rings (SSSR count). The number of carbonyl (C=O) groups excluding carboxylic acids is 1. The third-order valence-corrected chi connectivity index (χ3v) is 15.2. The fraction of sp³-hybridized carbons (Fsp3) is 0.729. The van der Waals surface area contributed by atoms with Crippen molar-refractivity contribution < 1.29 is 32.9 Å². The van der Waals surface area contributed by atoms with E-state index in [4.69, 9.17) is 9.05 Å². The number of hydrogen-bond donors (Lipinski definition) is 2. The lowest BCUT2D eigenvalue weighted by atomic mass is 10.0. The Balaban J connectivity index is 4.23. The molecule has 0 spiro atoms. The number of hydrogen-bond acceptors (Lipinski definition) is 6. The zero-order chi connectivity index (χ0) is 57.7. The van der Waals surface area contributed by atoms with E-state index in [1.165, 1.54) is 161 Å². The Bertz CT molecular complexity index is 1650. The molecule has 0 saturated heterocycles. The van der Waals surface area contributed by atoms with Crippen LogP contribution in [-0.2, 0) is 18.4 Å². The quantitative estimate of drug-likeness (QED) is 0.0272. The average molecular weight is 1120 g/mol. The van der Waals surface area contributed by atoms with Crippen LogP contribution in [-0.4, -0.2) is 68.5 Å². The van der Waals surface area contributed by atoms with Gasteiger partial charge in [0.1, 0.15) is 13.2 Å². The van der Waals surface area contributed by atoms with Gasteiger partial charge in [0.25, 0.3) is 7.82 Å². The van der Waals surface area contributed by atoms with Crippen molar-refractivity contribution in [3.63, 3.8) is 0 Å². The molecule has 0 aromatic heterocycles. The van der Waals surface area contributed by atoms with Crippen LogP contribution in [0.25, 0.3) is 0 Å². The molecular formula is C70H125N2O6P. The lowest BCUT2D eigenvalue weighted by molar-refractivity contribution is -0.870. The Morgan fingerprint density at radius 1 is 0.456 bits per heavy atom. The summed E-state index contributed by atoms with van der Waals surface area (Å²) < 4.78 is 23.4. The van der Waals surface area contributed by atoms with E-state index in [1.54, 1.807) is 6.08 Å². The number of likely N-dealkylation sites (N-methyl/N-ethyl adjacent to an activating group) is 1. The number of unbranched alkanes of at least 4 members (excludes halogenated alkanes) is 30. The van der Waals surface area contributed by atoms with E-state index >= 15 is 0 Å². The molecule has 0 aliphatic rings. The molecule has 2 N–H and O–H groups in total. The van der Waals surface area contributed by atoms with Gasteiger partial charge >= 0.3 is 0 Å². The lowest BCUT2D eigenvalue weighted by Crippen LogP contribution is -2.45. The van der Waals surface area contributed by atoms with Crippen LogP contribution in [0.2, 0.25) is 0 Å². The Labute approximate surface area is 489 Å². The molecule has 0 aliphatic carbocycles. The van der Waals surface area contributed by atoms with Gasteiger partial charge in [-0.05, 0) is 89.9 Å². The molecule has 9 heteroatoms. The van der Waals surface area contributed by atoms with E-state index in [0.29, 0.717) is 17.4 Å². The van der Waals surface area contributed by atoms with Crippen molar-refractivity contribution in [3.8, 4) is 0 Å². The molecule has 0 heterocycles. The fourth-order valence-corrected chi connectivity index (χ4v) is 9.87. The number of nitrogens with zero attached hydrogens (tertiary/aromatic N) is 1. The van der Waals surface area contributed by atoms with Gasteiger partial charge in [0.15, 0.2) is 0 Å². The molecular weight excluding hydrogens is 996 g/mol. The van der Waals surface area contributed by atoms with Crippen molar-refractivity contribution in [2.45, 2.75) is 289 Å². The third kappa shape index (κ3) is 62.6. The summed E-state index contributed by atoms with van der Waals surface area (Å²) in [6.07, 6.45) is 87.6. The van der Waals surface area contributed by atoms with Crippen LogP contribution in [0.15, 0.2) is 109 Å². The number of phosphoric ester groups is 1. The van der Waals surface area contributed by atoms with Gasteiger partial charge in [-0.3, -0.25) is 9.36 Å². The maximum Gasteiger partial charge on any atom is 0.268 e. The highest BCUT2D eigenvalue weighted by Crippen LogP contribution is 2.38. The summed E-state index contributed by atoms with van der Waals surface area (Å²) in [5.41, 5.74) is 0. The maximum atomic E-state index is 13.0. The number of aliphatic hydroxyl groups is 1. The zero-order valence-electron chi connectivity index (χ0n) is 52.0. The highest BCUT2D eigenvalue weighted by Gasteiger charge is 2.23. The minimum Gasteiger partial charge on any atom is -0.756 e. The normalized spacial score (nSPS) is 14.5. The number of nitrogens with one attached hydrogen (secondary N) is 1. The van der Waals surface area contributed by atoms with Gasteiger partial charge in [0.2, 0.25) is 5.91 Å². The fourth-order valence-electron chi connectivity index (χ4n) is 9.15. The summed E-state index contributed by atoms with van der Waals surface area (Å²) in [5, 5.41) is 13.9. The molecule has 79 heavy (non-hydrogen) atoms. The molecule has 0 aromatic carbocycles.